The molecule has 20 heavy (non-hydrogen) atoms. The number of piperazine rings is 1. The molecule has 1 aliphatic heterocycles. The third-order valence-corrected chi connectivity index (χ3v) is 3.00. The van der Waals surface area contributed by atoms with Crippen molar-refractivity contribution in [2.24, 2.45) is 0 Å². The van der Waals surface area contributed by atoms with E-state index in [4.69, 9.17) is 10.3 Å². The number of hydrogen-bond donors (Lipinski definition) is 2. The van der Waals surface area contributed by atoms with Crippen molar-refractivity contribution in [1.29, 1.82) is 0 Å². The number of carbonyl (C=O) groups excluding carboxylic acids is 2. The van der Waals surface area contributed by atoms with Crippen molar-refractivity contribution in [2.45, 2.75) is 0 Å². The molecule has 0 bridgehead atoms. The SMILES string of the molecule is Nc1cc(-c2ccc(N3CC(=O)NC(=O)C3)cc2)no1. The summed E-state index contributed by atoms with van der Waals surface area (Å²) in [5, 5.41) is 6.08. The highest BCUT2D eigenvalue weighted by atomic mass is 16.5. The Morgan fingerprint density at radius 2 is 1.80 bits per heavy atom. The Morgan fingerprint density at radius 3 is 2.35 bits per heavy atom. The van der Waals surface area contributed by atoms with Crippen LogP contribution in [0, 0.1) is 0 Å². The normalized spacial score (nSPS) is 15.3. The maximum Gasteiger partial charge on any atom is 0.246 e. The van der Waals surface area contributed by atoms with Crippen molar-refractivity contribution < 1.29 is 14.1 Å². The quantitative estimate of drug-likeness (QED) is 0.767. The number of hydrogen-bond acceptors (Lipinski definition) is 6. The molecule has 1 saturated heterocycles. The van der Waals surface area contributed by atoms with E-state index in [1.54, 1.807) is 11.0 Å². The number of anilines is 2. The highest BCUT2D eigenvalue weighted by molar-refractivity contribution is 6.02. The molecule has 0 unspecified atom stereocenters. The van der Waals surface area contributed by atoms with Gasteiger partial charge in [-0.15, -0.1) is 0 Å². The van der Waals surface area contributed by atoms with Gasteiger partial charge in [-0.3, -0.25) is 14.9 Å². The molecule has 7 heteroatoms. The largest absolute Gasteiger partial charge is 0.368 e. The fourth-order valence-electron chi connectivity index (χ4n) is 2.09. The van der Waals surface area contributed by atoms with Gasteiger partial charge in [0.15, 0.2) is 0 Å². The lowest BCUT2D eigenvalue weighted by Gasteiger charge is -2.27. The number of rotatable bonds is 2. The van der Waals surface area contributed by atoms with E-state index in [-0.39, 0.29) is 30.8 Å². The number of imide groups is 1. The molecule has 1 aromatic heterocycles. The monoisotopic (exact) mass is 272 g/mol. The summed E-state index contributed by atoms with van der Waals surface area (Å²) in [6.07, 6.45) is 0. The van der Waals surface area contributed by atoms with Crippen molar-refractivity contribution in [1.82, 2.24) is 10.5 Å². The summed E-state index contributed by atoms with van der Waals surface area (Å²) in [7, 11) is 0. The predicted molar refractivity (Wildman–Crippen MR) is 71.7 cm³/mol. The Labute approximate surface area is 114 Å². The van der Waals surface area contributed by atoms with Gasteiger partial charge in [0.25, 0.3) is 0 Å². The Morgan fingerprint density at radius 1 is 1.15 bits per heavy atom. The smallest absolute Gasteiger partial charge is 0.246 e. The van der Waals surface area contributed by atoms with Gasteiger partial charge in [-0.05, 0) is 12.1 Å². The van der Waals surface area contributed by atoms with Gasteiger partial charge in [0.05, 0.1) is 13.1 Å². The molecule has 2 aromatic rings. The van der Waals surface area contributed by atoms with Crippen molar-refractivity contribution in [2.75, 3.05) is 23.7 Å². The van der Waals surface area contributed by atoms with Crippen LogP contribution in [0.2, 0.25) is 0 Å². The second-order valence-corrected chi connectivity index (χ2v) is 4.49. The number of carbonyl (C=O) groups is 2. The van der Waals surface area contributed by atoms with Gasteiger partial charge < -0.3 is 15.2 Å². The van der Waals surface area contributed by atoms with Crippen molar-refractivity contribution >= 4 is 23.4 Å². The number of benzene rings is 1. The molecular weight excluding hydrogens is 260 g/mol. The highest BCUT2D eigenvalue weighted by Gasteiger charge is 2.22. The number of nitrogens with two attached hydrogens (primary N) is 1. The molecule has 0 aliphatic carbocycles. The van der Waals surface area contributed by atoms with E-state index in [0.717, 1.165) is 11.3 Å². The summed E-state index contributed by atoms with van der Waals surface area (Å²) >= 11 is 0. The summed E-state index contributed by atoms with van der Waals surface area (Å²) in [5.74, 6) is -0.341. The maximum absolute atomic E-state index is 11.3. The molecule has 0 atom stereocenters. The van der Waals surface area contributed by atoms with Gasteiger partial charge in [0.1, 0.15) is 5.69 Å². The number of nitrogens with zero attached hydrogens (tertiary/aromatic N) is 2. The molecular formula is C13H12N4O3. The van der Waals surface area contributed by atoms with E-state index < -0.39 is 0 Å². The minimum Gasteiger partial charge on any atom is -0.368 e. The van der Waals surface area contributed by atoms with Gasteiger partial charge >= 0.3 is 0 Å². The van der Waals surface area contributed by atoms with Crippen LogP contribution in [-0.2, 0) is 9.59 Å². The maximum atomic E-state index is 11.3. The van der Waals surface area contributed by atoms with E-state index in [1.807, 2.05) is 24.3 Å². The van der Waals surface area contributed by atoms with Gasteiger partial charge in [0.2, 0.25) is 17.7 Å². The fraction of sp³-hybridized carbons (Fsp3) is 0.154. The summed E-state index contributed by atoms with van der Waals surface area (Å²) < 4.78 is 4.81. The minimum absolute atomic E-state index is 0.169. The molecule has 3 N–H and O–H groups in total. The van der Waals surface area contributed by atoms with Crippen LogP contribution in [-0.4, -0.2) is 30.1 Å². The van der Waals surface area contributed by atoms with Crippen LogP contribution in [0.3, 0.4) is 0 Å². The number of aromatic nitrogens is 1. The molecule has 2 heterocycles. The van der Waals surface area contributed by atoms with Crippen molar-refractivity contribution in [3.8, 4) is 11.3 Å². The molecule has 0 saturated carbocycles. The molecule has 0 radical (unpaired) electrons. The zero-order valence-electron chi connectivity index (χ0n) is 10.5. The first-order valence-corrected chi connectivity index (χ1v) is 6.02. The van der Waals surface area contributed by atoms with Crippen LogP contribution in [0.1, 0.15) is 0 Å². The van der Waals surface area contributed by atoms with E-state index >= 15 is 0 Å². The summed E-state index contributed by atoms with van der Waals surface area (Å²) in [6.45, 7) is 0.337. The van der Waals surface area contributed by atoms with E-state index in [0.29, 0.717) is 5.69 Å². The average molecular weight is 272 g/mol. The average Bonchev–Trinajstić information content (AvgIpc) is 2.84. The van der Waals surface area contributed by atoms with E-state index in [9.17, 15) is 9.59 Å². The molecule has 1 aromatic carbocycles. The first-order chi connectivity index (χ1) is 9.61. The summed E-state index contributed by atoms with van der Waals surface area (Å²) in [5.41, 5.74) is 7.76. The van der Waals surface area contributed by atoms with Crippen molar-refractivity contribution in [3.05, 3.63) is 30.3 Å². The third kappa shape index (κ3) is 2.33. The van der Waals surface area contributed by atoms with Crippen LogP contribution < -0.4 is 16.0 Å². The molecule has 2 amide bonds. The van der Waals surface area contributed by atoms with E-state index in [1.165, 1.54) is 0 Å². The van der Waals surface area contributed by atoms with Crippen LogP contribution in [0.4, 0.5) is 11.6 Å². The van der Waals surface area contributed by atoms with Gasteiger partial charge in [-0.1, -0.05) is 17.3 Å². The standard InChI is InChI=1S/C13H12N4O3/c14-11-5-10(16-20-11)8-1-3-9(4-2-8)17-6-12(18)15-13(19)7-17/h1-5H,6-7,14H2,(H,15,18,19). The molecule has 1 fully saturated rings. The van der Waals surface area contributed by atoms with Gasteiger partial charge in [-0.25, -0.2) is 0 Å². The van der Waals surface area contributed by atoms with E-state index in [2.05, 4.69) is 10.5 Å². The van der Waals surface area contributed by atoms with Gasteiger partial charge in [0, 0.05) is 17.3 Å². The zero-order chi connectivity index (χ0) is 14.1. The fourth-order valence-corrected chi connectivity index (χ4v) is 2.09. The van der Waals surface area contributed by atoms with Crippen LogP contribution in [0.15, 0.2) is 34.9 Å². The summed E-state index contributed by atoms with van der Waals surface area (Å²) in [4.78, 5) is 24.4. The Hall–Kier alpha value is -2.83. The topological polar surface area (TPSA) is 101 Å². The minimum atomic E-state index is -0.297. The second-order valence-electron chi connectivity index (χ2n) is 4.49. The lowest BCUT2D eigenvalue weighted by molar-refractivity contribution is -0.130. The molecule has 102 valence electrons. The lowest BCUT2D eigenvalue weighted by Crippen LogP contribution is -2.51. The van der Waals surface area contributed by atoms with Crippen LogP contribution in [0.25, 0.3) is 11.3 Å². The molecule has 1 aliphatic rings. The predicted octanol–water partition coefficient (Wildman–Crippen LogP) is 0.387. The number of amides is 2. The number of nitrogen functional groups attached to an aromatic ring is 1. The Kier molecular flexibility index (Phi) is 2.86. The van der Waals surface area contributed by atoms with Crippen molar-refractivity contribution in [3.63, 3.8) is 0 Å². The second kappa shape index (κ2) is 4.69. The highest BCUT2D eigenvalue weighted by Crippen LogP contribution is 2.23. The lowest BCUT2D eigenvalue weighted by atomic mass is 10.1. The molecule has 3 rings (SSSR count). The van der Waals surface area contributed by atoms with Gasteiger partial charge in [-0.2, -0.15) is 0 Å². The first kappa shape index (κ1) is 12.2. The Balaban J connectivity index is 1.82. The Bertz CT molecular complexity index is 647. The zero-order valence-corrected chi connectivity index (χ0v) is 10.5. The number of nitrogens with one attached hydrogen (secondary N) is 1. The molecule has 7 nitrogen and oxygen atoms in total. The summed E-state index contributed by atoms with van der Waals surface area (Å²) in [6, 6.07) is 8.96. The first-order valence-electron chi connectivity index (χ1n) is 6.02. The molecule has 0 spiro atoms. The van der Waals surface area contributed by atoms with Crippen LogP contribution in [0.5, 0.6) is 0 Å². The van der Waals surface area contributed by atoms with Crippen LogP contribution >= 0.6 is 0 Å². The third-order valence-electron chi connectivity index (χ3n) is 3.00.